The average Bonchev–Trinajstić information content (AvgIpc) is 3.87. The van der Waals surface area contributed by atoms with Crippen molar-refractivity contribution in [3.63, 3.8) is 0 Å². The number of carboxylic acids is 2. The van der Waals surface area contributed by atoms with Crippen LogP contribution >= 0.6 is 47.0 Å². The summed E-state index contributed by atoms with van der Waals surface area (Å²) in [6.07, 6.45) is 0.715. The fourth-order valence-corrected chi connectivity index (χ4v) is 10.6. The Labute approximate surface area is 421 Å². The van der Waals surface area contributed by atoms with Crippen LogP contribution < -0.4 is 79.1 Å². The maximum Gasteiger partial charge on any atom is 1.00 e. The summed E-state index contributed by atoms with van der Waals surface area (Å²) in [4.78, 5) is 78.5. The van der Waals surface area contributed by atoms with Crippen LogP contribution in [0.1, 0.15) is 47.4 Å². The van der Waals surface area contributed by atoms with Gasteiger partial charge in [-0.2, -0.15) is 0 Å². The summed E-state index contributed by atoms with van der Waals surface area (Å²) in [5.74, 6) is -3.26. The van der Waals surface area contributed by atoms with E-state index in [4.69, 9.17) is 0 Å². The molecular weight excluding hydrogens is 946 g/mol. The van der Waals surface area contributed by atoms with Crippen molar-refractivity contribution in [3.05, 3.63) is 132 Å². The second kappa shape index (κ2) is 24.9. The number of hydrogen-bond acceptors (Lipinski definition) is 12. The molecule has 6 atom stereocenters. The second-order valence-corrected chi connectivity index (χ2v) is 18.7. The minimum Gasteiger partial charge on any atom is -0.548 e. The monoisotopic (exact) mass is 989 g/mol. The van der Waals surface area contributed by atoms with E-state index in [2.05, 4.69) is 0 Å². The molecule has 304 valence electrons. The van der Waals surface area contributed by atoms with E-state index in [1.54, 1.807) is 85.9 Å². The minimum absolute atomic E-state index is 0. The predicted molar refractivity (Wildman–Crippen MR) is 227 cm³/mol. The Morgan fingerprint density at radius 1 is 0.542 bits per heavy atom. The van der Waals surface area contributed by atoms with E-state index in [0.717, 1.165) is 33.3 Å². The molecule has 10 nitrogen and oxygen atoms in total. The SMILES string of the molecule is C[C@@H](CSC(=O)c1ccccc1)C(=O)N1C[C@@H](Sc2ccccc2)C[C@H]1C(=O)[O-].C[C@H](CSC(=O)c1ccccc1)C(=O)N1C[C@H](Sc2ccccc2)C[C@@H]1C(=O)[O-].[Cs+]. The maximum absolute atomic E-state index is 12.9. The van der Waals surface area contributed by atoms with Crippen LogP contribution in [0, 0.1) is 11.8 Å². The molecule has 0 bridgehead atoms. The van der Waals surface area contributed by atoms with E-state index < -0.39 is 35.9 Å². The van der Waals surface area contributed by atoms with Crippen molar-refractivity contribution < 1.29 is 108 Å². The van der Waals surface area contributed by atoms with Crippen molar-refractivity contribution in [2.75, 3.05) is 24.6 Å². The topological polar surface area (TPSA) is 155 Å². The van der Waals surface area contributed by atoms with Crippen molar-refractivity contribution in [3.8, 4) is 0 Å². The van der Waals surface area contributed by atoms with Crippen molar-refractivity contribution in [2.24, 2.45) is 11.8 Å². The quantitative estimate of drug-likeness (QED) is 0.182. The fraction of sp³-hybridized carbons (Fsp3) is 0.318. The van der Waals surface area contributed by atoms with Gasteiger partial charge >= 0.3 is 68.9 Å². The molecule has 0 aliphatic carbocycles. The van der Waals surface area contributed by atoms with Gasteiger partial charge in [0.15, 0.2) is 0 Å². The van der Waals surface area contributed by atoms with Gasteiger partial charge in [0.25, 0.3) is 0 Å². The first-order valence-electron chi connectivity index (χ1n) is 18.8. The van der Waals surface area contributed by atoms with Crippen LogP contribution in [0.2, 0.25) is 0 Å². The van der Waals surface area contributed by atoms with E-state index in [0.29, 0.717) is 48.6 Å². The van der Waals surface area contributed by atoms with Gasteiger partial charge < -0.3 is 29.6 Å². The van der Waals surface area contributed by atoms with Gasteiger partial charge in [-0.15, -0.1) is 23.5 Å². The van der Waals surface area contributed by atoms with Crippen LogP contribution in [-0.4, -0.2) is 91.0 Å². The van der Waals surface area contributed by atoms with Crippen molar-refractivity contribution in [1.82, 2.24) is 9.80 Å². The Hall–Kier alpha value is -2.45. The molecule has 0 radical (unpaired) electrons. The number of thioether (sulfide) groups is 4. The smallest absolute Gasteiger partial charge is 0.548 e. The van der Waals surface area contributed by atoms with E-state index >= 15 is 0 Å². The standard InChI is InChI=1S/2C22H23NO4S2.Cs/c2*1-15(14-28-22(27)16-8-4-2-5-9-16)20(24)23-13-18(12-19(23)21(25)26)29-17-10-6-3-7-11-17;/h2*2-11,15,18-19H,12-14H2,1H3,(H,25,26);/q;;+1/p-2/t2*15-,18-,19-;/m10./s1. The molecule has 2 saturated heterocycles. The molecule has 2 aliphatic rings. The number of likely N-dealkylation sites (tertiary alicyclic amines) is 2. The number of hydrogen-bond donors (Lipinski definition) is 0. The molecule has 0 N–H and O–H groups in total. The van der Waals surface area contributed by atoms with Gasteiger partial charge in [0.1, 0.15) is 0 Å². The van der Waals surface area contributed by atoms with Crippen LogP contribution in [0.4, 0.5) is 0 Å². The first-order chi connectivity index (χ1) is 27.9. The van der Waals surface area contributed by atoms with Crippen LogP contribution in [0.15, 0.2) is 131 Å². The third-order valence-corrected chi connectivity index (χ3v) is 14.3. The first kappa shape index (κ1) is 49.2. The van der Waals surface area contributed by atoms with E-state index in [-0.39, 0.29) is 101 Å². The first-order valence-corrected chi connectivity index (χ1v) is 22.5. The van der Waals surface area contributed by atoms with Crippen LogP contribution in [0.5, 0.6) is 0 Å². The Kier molecular flexibility index (Phi) is 20.7. The summed E-state index contributed by atoms with van der Waals surface area (Å²) in [6, 6.07) is 35.4. The normalized spacial score (nSPS) is 19.4. The summed E-state index contributed by atoms with van der Waals surface area (Å²) in [6.45, 7) is 4.19. The molecule has 59 heavy (non-hydrogen) atoms. The molecule has 2 heterocycles. The Bertz CT molecular complexity index is 1870. The fourth-order valence-electron chi connectivity index (χ4n) is 6.51. The number of amides is 2. The summed E-state index contributed by atoms with van der Waals surface area (Å²) in [5, 5.41) is 23.0. The molecule has 0 unspecified atom stereocenters. The molecule has 2 aliphatic heterocycles. The number of carbonyl (C=O) groups excluding carboxylic acids is 6. The number of carboxylic acid groups (broad SMARTS) is 2. The van der Waals surface area contributed by atoms with Crippen molar-refractivity contribution in [2.45, 2.75) is 59.1 Å². The molecule has 4 aromatic rings. The third kappa shape index (κ3) is 14.9. The maximum atomic E-state index is 12.9. The Balaban J connectivity index is 0.000000256. The summed E-state index contributed by atoms with van der Waals surface area (Å²) in [5.41, 5.74) is 1.18. The number of aliphatic carboxylic acids is 2. The van der Waals surface area contributed by atoms with Crippen LogP contribution in [0.3, 0.4) is 0 Å². The third-order valence-electron chi connectivity index (χ3n) is 9.52. The summed E-state index contributed by atoms with van der Waals surface area (Å²) in [7, 11) is 0. The van der Waals surface area contributed by atoms with E-state index in [9.17, 15) is 39.0 Å². The molecule has 0 aromatic heterocycles. The minimum atomic E-state index is -1.23. The number of benzene rings is 4. The van der Waals surface area contributed by atoms with Crippen molar-refractivity contribution in [1.29, 1.82) is 0 Å². The second-order valence-electron chi connectivity index (χ2n) is 14.0. The molecular formula is C44H44CsN2O8S4-. The zero-order valence-corrected chi connectivity index (χ0v) is 42.6. The van der Waals surface area contributed by atoms with Gasteiger partial charge in [-0.05, 0) is 37.1 Å². The molecule has 2 amide bonds. The number of rotatable bonds is 14. The van der Waals surface area contributed by atoms with Gasteiger partial charge in [-0.1, -0.05) is 134 Å². The molecule has 2 fully saturated rings. The molecule has 6 rings (SSSR count). The predicted octanol–water partition coefficient (Wildman–Crippen LogP) is 2.42. The van der Waals surface area contributed by atoms with Gasteiger partial charge in [0, 0.05) is 67.8 Å². The largest absolute Gasteiger partial charge is 1.00 e. The molecule has 15 heteroatoms. The number of carbonyl (C=O) groups is 6. The zero-order chi connectivity index (χ0) is 41.6. The molecule has 0 saturated carbocycles. The van der Waals surface area contributed by atoms with Gasteiger partial charge in [-0.25, -0.2) is 0 Å². The molecule has 0 spiro atoms. The van der Waals surface area contributed by atoms with Gasteiger partial charge in [0.2, 0.25) is 22.0 Å². The Morgan fingerprint density at radius 2 is 0.847 bits per heavy atom. The van der Waals surface area contributed by atoms with Gasteiger partial charge in [0.05, 0.1) is 24.0 Å². The van der Waals surface area contributed by atoms with Crippen LogP contribution in [0.25, 0.3) is 0 Å². The average molecular weight is 990 g/mol. The zero-order valence-electron chi connectivity index (χ0n) is 33.0. The summed E-state index contributed by atoms with van der Waals surface area (Å²) >= 11 is 5.32. The van der Waals surface area contributed by atoms with Gasteiger partial charge in [-0.3, -0.25) is 19.2 Å². The summed E-state index contributed by atoms with van der Waals surface area (Å²) < 4.78 is 0. The van der Waals surface area contributed by atoms with E-state index in [1.807, 2.05) is 72.8 Å². The van der Waals surface area contributed by atoms with Crippen LogP contribution in [-0.2, 0) is 19.2 Å². The number of nitrogens with zero attached hydrogens (tertiary/aromatic N) is 2. The van der Waals surface area contributed by atoms with Crippen molar-refractivity contribution >= 4 is 81.0 Å². The Morgan fingerprint density at radius 3 is 1.15 bits per heavy atom. The van der Waals surface area contributed by atoms with E-state index in [1.165, 1.54) is 9.80 Å². The molecule has 4 aromatic carbocycles.